The molecule has 1 saturated heterocycles. The van der Waals surface area contributed by atoms with Gasteiger partial charge in [0.15, 0.2) is 0 Å². The predicted octanol–water partition coefficient (Wildman–Crippen LogP) is 1.59. The molecular weight excluding hydrogens is 288 g/mol. The summed E-state index contributed by atoms with van der Waals surface area (Å²) in [7, 11) is 0. The fourth-order valence-corrected chi connectivity index (χ4v) is 3.01. The Morgan fingerprint density at radius 1 is 1.17 bits per heavy atom. The van der Waals surface area contributed by atoms with Crippen molar-refractivity contribution in [3.8, 4) is 0 Å². The van der Waals surface area contributed by atoms with Gasteiger partial charge in [0.1, 0.15) is 0 Å². The highest BCUT2D eigenvalue weighted by atomic mass is 16.1. The lowest BCUT2D eigenvalue weighted by Crippen LogP contribution is -2.46. The summed E-state index contributed by atoms with van der Waals surface area (Å²) in [6, 6.07) is 12.0. The zero-order valence-corrected chi connectivity index (χ0v) is 13.7. The van der Waals surface area contributed by atoms with Crippen LogP contribution < -0.4 is 15.8 Å². The smallest absolute Gasteiger partial charge is 0.255 e. The van der Waals surface area contributed by atoms with Crippen molar-refractivity contribution in [1.82, 2.24) is 14.9 Å². The second-order valence-electron chi connectivity index (χ2n) is 6.01. The van der Waals surface area contributed by atoms with Gasteiger partial charge in [-0.25, -0.2) is 4.98 Å². The van der Waals surface area contributed by atoms with Crippen LogP contribution in [0.1, 0.15) is 17.7 Å². The first-order valence-corrected chi connectivity index (χ1v) is 8.32. The topological polar surface area (TPSA) is 50.2 Å². The molecule has 0 atom stereocenters. The van der Waals surface area contributed by atoms with Gasteiger partial charge in [0, 0.05) is 44.5 Å². The molecule has 0 saturated carbocycles. The van der Waals surface area contributed by atoms with Gasteiger partial charge in [-0.2, -0.15) is 0 Å². The SMILES string of the molecule is Cc1cc(=O)n(CCCc2ccccc2)c(N2CCNCC2)n1. The number of anilines is 1. The largest absolute Gasteiger partial charge is 0.340 e. The molecule has 122 valence electrons. The van der Waals surface area contributed by atoms with E-state index in [0.29, 0.717) is 6.54 Å². The first-order chi connectivity index (χ1) is 11.2. The molecule has 0 aliphatic carbocycles. The van der Waals surface area contributed by atoms with Gasteiger partial charge in [-0.3, -0.25) is 9.36 Å². The summed E-state index contributed by atoms with van der Waals surface area (Å²) in [6.45, 7) is 6.27. The van der Waals surface area contributed by atoms with Crippen LogP contribution in [0.3, 0.4) is 0 Å². The van der Waals surface area contributed by atoms with Crippen LogP contribution in [0.2, 0.25) is 0 Å². The lowest BCUT2D eigenvalue weighted by Gasteiger charge is -2.30. The average Bonchev–Trinajstić information content (AvgIpc) is 2.58. The van der Waals surface area contributed by atoms with E-state index in [0.717, 1.165) is 50.7 Å². The van der Waals surface area contributed by atoms with E-state index in [-0.39, 0.29) is 5.56 Å². The van der Waals surface area contributed by atoms with Crippen molar-refractivity contribution in [2.24, 2.45) is 0 Å². The number of piperazine rings is 1. The maximum absolute atomic E-state index is 12.4. The molecule has 3 rings (SSSR count). The molecule has 1 aliphatic rings. The normalized spacial score (nSPS) is 14.9. The third-order valence-electron chi connectivity index (χ3n) is 4.21. The Morgan fingerprint density at radius 3 is 2.65 bits per heavy atom. The number of benzene rings is 1. The molecule has 2 heterocycles. The summed E-state index contributed by atoms with van der Waals surface area (Å²) in [5, 5.41) is 3.34. The van der Waals surface area contributed by atoms with Crippen molar-refractivity contribution >= 4 is 5.95 Å². The minimum Gasteiger partial charge on any atom is -0.340 e. The van der Waals surface area contributed by atoms with Crippen LogP contribution in [-0.2, 0) is 13.0 Å². The standard InChI is InChI=1S/C18H24N4O/c1-15-14-17(23)22(11-5-8-16-6-3-2-4-7-16)18(20-15)21-12-9-19-10-13-21/h2-4,6-7,14,19H,5,8-13H2,1H3. The van der Waals surface area contributed by atoms with E-state index in [2.05, 4.69) is 39.5 Å². The van der Waals surface area contributed by atoms with Crippen molar-refractivity contribution in [3.05, 3.63) is 58.0 Å². The number of aromatic nitrogens is 2. The van der Waals surface area contributed by atoms with Gasteiger partial charge < -0.3 is 10.2 Å². The van der Waals surface area contributed by atoms with E-state index in [1.54, 1.807) is 6.07 Å². The van der Waals surface area contributed by atoms with Gasteiger partial charge in [0.25, 0.3) is 5.56 Å². The Bertz CT molecular complexity index is 690. The van der Waals surface area contributed by atoms with Crippen LogP contribution in [0.4, 0.5) is 5.95 Å². The van der Waals surface area contributed by atoms with Crippen molar-refractivity contribution in [2.75, 3.05) is 31.1 Å². The van der Waals surface area contributed by atoms with Gasteiger partial charge >= 0.3 is 0 Å². The minimum absolute atomic E-state index is 0.0547. The molecule has 0 radical (unpaired) electrons. The van der Waals surface area contributed by atoms with Gasteiger partial charge in [-0.15, -0.1) is 0 Å². The molecular formula is C18H24N4O. The summed E-state index contributed by atoms with van der Waals surface area (Å²) in [4.78, 5) is 19.3. The summed E-state index contributed by atoms with van der Waals surface area (Å²) >= 11 is 0. The van der Waals surface area contributed by atoms with Crippen LogP contribution in [0.25, 0.3) is 0 Å². The van der Waals surface area contributed by atoms with Gasteiger partial charge in [-0.1, -0.05) is 30.3 Å². The predicted molar refractivity (Wildman–Crippen MR) is 93.1 cm³/mol. The summed E-state index contributed by atoms with van der Waals surface area (Å²) in [6.07, 6.45) is 1.91. The third kappa shape index (κ3) is 3.99. The summed E-state index contributed by atoms with van der Waals surface area (Å²) < 4.78 is 1.83. The Morgan fingerprint density at radius 2 is 1.91 bits per heavy atom. The molecule has 0 amide bonds. The first-order valence-electron chi connectivity index (χ1n) is 8.32. The number of aryl methyl sites for hydroxylation is 2. The number of hydrogen-bond acceptors (Lipinski definition) is 4. The first kappa shape index (κ1) is 15.7. The highest BCUT2D eigenvalue weighted by Gasteiger charge is 2.17. The fraction of sp³-hybridized carbons (Fsp3) is 0.444. The van der Waals surface area contributed by atoms with E-state index in [4.69, 9.17) is 0 Å². The van der Waals surface area contributed by atoms with E-state index in [9.17, 15) is 4.79 Å². The molecule has 5 nitrogen and oxygen atoms in total. The highest BCUT2D eigenvalue weighted by molar-refractivity contribution is 5.33. The molecule has 1 N–H and O–H groups in total. The van der Waals surface area contributed by atoms with Crippen LogP contribution in [-0.4, -0.2) is 35.7 Å². The molecule has 1 aromatic carbocycles. The molecule has 23 heavy (non-hydrogen) atoms. The van der Waals surface area contributed by atoms with E-state index < -0.39 is 0 Å². The molecule has 5 heteroatoms. The van der Waals surface area contributed by atoms with E-state index >= 15 is 0 Å². The molecule has 2 aromatic rings. The lowest BCUT2D eigenvalue weighted by atomic mass is 10.1. The zero-order valence-electron chi connectivity index (χ0n) is 13.7. The van der Waals surface area contributed by atoms with Crippen LogP contribution in [0.5, 0.6) is 0 Å². The van der Waals surface area contributed by atoms with Crippen molar-refractivity contribution < 1.29 is 0 Å². The number of nitrogens with zero attached hydrogens (tertiary/aromatic N) is 3. The lowest BCUT2D eigenvalue weighted by molar-refractivity contribution is 0.542. The zero-order chi connectivity index (χ0) is 16.1. The molecule has 0 bridgehead atoms. The minimum atomic E-state index is 0.0547. The van der Waals surface area contributed by atoms with Crippen LogP contribution in [0, 0.1) is 6.92 Å². The van der Waals surface area contributed by atoms with Crippen LogP contribution in [0.15, 0.2) is 41.2 Å². The summed E-state index contributed by atoms with van der Waals surface area (Å²) in [5.74, 6) is 0.824. The number of rotatable bonds is 5. The number of nitrogens with one attached hydrogen (secondary N) is 1. The molecule has 1 aliphatic heterocycles. The Labute approximate surface area is 137 Å². The Balaban J connectivity index is 1.76. The second-order valence-corrected chi connectivity index (χ2v) is 6.01. The Hall–Kier alpha value is -2.14. The van der Waals surface area contributed by atoms with E-state index in [1.807, 2.05) is 17.6 Å². The van der Waals surface area contributed by atoms with Gasteiger partial charge in [-0.05, 0) is 25.3 Å². The third-order valence-corrected chi connectivity index (χ3v) is 4.21. The monoisotopic (exact) mass is 312 g/mol. The van der Waals surface area contributed by atoms with Crippen molar-refractivity contribution in [1.29, 1.82) is 0 Å². The molecule has 0 spiro atoms. The molecule has 1 aromatic heterocycles. The van der Waals surface area contributed by atoms with E-state index in [1.165, 1.54) is 5.56 Å². The van der Waals surface area contributed by atoms with Crippen LogP contribution >= 0.6 is 0 Å². The Kier molecular flexibility index (Phi) is 5.08. The highest BCUT2D eigenvalue weighted by Crippen LogP contribution is 2.12. The number of hydrogen-bond donors (Lipinski definition) is 1. The average molecular weight is 312 g/mol. The van der Waals surface area contributed by atoms with Crippen molar-refractivity contribution in [3.63, 3.8) is 0 Å². The summed E-state index contributed by atoms with van der Waals surface area (Å²) in [5.41, 5.74) is 2.16. The molecule has 0 unspecified atom stereocenters. The second kappa shape index (κ2) is 7.42. The molecule has 1 fully saturated rings. The maximum Gasteiger partial charge on any atom is 0.255 e. The van der Waals surface area contributed by atoms with Crippen molar-refractivity contribution in [2.45, 2.75) is 26.3 Å². The maximum atomic E-state index is 12.4. The quantitative estimate of drug-likeness (QED) is 0.911. The van der Waals surface area contributed by atoms with Gasteiger partial charge in [0.05, 0.1) is 0 Å². The van der Waals surface area contributed by atoms with Gasteiger partial charge in [0.2, 0.25) is 5.95 Å². The fourth-order valence-electron chi connectivity index (χ4n) is 3.01.